The number of nitrogens with zero attached hydrogens (tertiary/aromatic N) is 1. The van der Waals surface area contributed by atoms with Gasteiger partial charge in [0.15, 0.2) is 0 Å². The minimum Gasteiger partial charge on any atom is -0.371 e. The SMILES string of the molecule is CCCCCCc1ccc(C(=O)Nc2ccc(N3CCCCC3)c(C(=O)NCCc3ccccc3)c2)cc1. The summed E-state index contributed by atoms with van der Waals surface area (Å²) >= 11 is 0. The first-order valence-electron chi connectivity index (χ1n) is 14.3. The van der Waals surface area contributed by atoms with Crippen LogP contribution in [-0.2, 0) is 12.8 Å². The number of amides is 2. The molecule has 1 aliphatic heterocycles. The van der Waals surface area contributed by atoms with Gasteiger partial charge in [-0.3, -0.25) is 9.59 Å². The first-order chi connectivity index (χ1) is 18.6. The van der Waals surface area contributed by atoms with Crippen molar-refractivity contribution in [2.75, 3.05) is 29.9 Å². The fraction of sp³-hybridized carbons (Fsp3) is 0.394. The molecule has 1 aliphatic rings. The molecule has 1 heterocycles. The van der Waals surface area contributed by atoms with Gasteiger partial charge in [-0.2, -0.15) is 0 Å². The van der Waals surface area contributed by atoms with E-state index in [9.17, 15) is 9.59 Å². The van der Waals surface area contributed by atoms with Crippen molar-refractivity contribution < 1.29 is 9.59 Å². The predicted octanol–water partition coefficient (Wildman–Crippen LogP) is 7.02. The van der Waals surface area contributed by atoms with Gasteiger partial charge in [0.1, 0.15) is 0 Å². The molecule has 2 amide bonds. The summed E-state index contributed by atoms with van der Waals surface area (Å²) < 4.78 is 0. The van der Waals surface area contributed by atoms with Crippen LogP contribution in [0.3, 0.4) is 0 Å². The van der Waals surface area contributed by atoms with Gasteiger partial charge in [-0.25, -0.2) is 0 Å². The van der Waals surface area contributed by atoms with E-state index in [1.54, 1.807) is 0 Å². The number of benzene rings is 3. The third kappa shape index (κ3) is 7.95. The smallest absolute Gasteiger partial charge is 0.255 e. The van der Waals surface area contributed by atoms with Crippen molar-refractivity contribution in [1.82, 2.24) is 5.32 Å². The van der Waals surface area contributed by atoms with E-state index < -0.39 is 0 Å². The summed E-state index contributed by atoms with van der Waals surface area (Å²) in [7, 11) is 0. The molecule has 4 rings (SSSR count). The van der Waals surface area contributed by atoms with Crippen molar-refractivity contribution in [1.29, 1.82) is 0 Å². The van der Waals surface area contributed by atoms with E-state index in [1.807, 2.05) is 60.7 Å². The zero-order chi connectivity index (χ0) is 26.6. The molecule has 3 aromatic carbocycles. The van der Waals surface area contributed by atoms with E-state index in [0.717, 1.165) is 44.5 Å². The van der Waals surface area contributed by atoms with Crippen LogP contribution in [0.4, 0.5) is 11.4 Å². The molecule has 0 unspecified atom stereocenters. The Kier molecular flexibility index (Phi) is 10.4. The van der Waals surface area contributed by atoms with Crippen LogP contribution < -0.4 is 15.5 Å². The van der Waals surface area contributed by atoms with Crippen molar-refractivity contribution in [3.8, 4) is 0 Å². The second kappa shape index (κ2) is 14.4. The molecule has 2 N–H and O–H groups in total. The topological polar surface area (TPSA) is 61.4 Å². The molecule has 0 spiro atoms. The van der Waals surface area contributed by atoms with Crippen LogP contribution in [0.15, 0.2) is 72.8 Å². The highest BCUT2D eigenvalue weighted by molar-refractivity contribution is 6.06. The van der Waals surface area contributed by atoms with Crippen molar-refractivity contribution in [3.63, 3.8) is 0 Å². The second-order valence-corrected chi connectivity index (χ2v) is 10.2. The highest BCUT2D eigenvalue weighted by atomic mass is 16.2. The van der Waals surface area contributed by atoms with Gasteiger partial charge < -0.3 is 15.5 Å². The van der Waals surface area contributed by atoms with Crippen LogP contribution in [0.5, 0.6) is 0 Å². The zero-order valence-electron chi connectivity index (χ0n) is 22.7. The lowest BCUT2D eigenvalue weighted by molar-refractivity contribution is 0.0953. The quantitative estimate of drug-likeness (QED) is 0.257. The maximum atomic E-state index is 13.3. The Hall–Kier alpha value is -3.60. The fourth-order valence-electron chi connectivity index (χ4n) is 5.05. The lowest BCUT2D eigenvalue weighted by Gasteiger charge is -2.30. The minimum absolute atomic E-state index is 0.106. The lowest BCUT2D eigenvalue weighted by Crippen LogP contribution is -2.33. The zero-order valence-corrected chi connectivity index (χ0v) is 22.7. The maximum absolute atomic E-state index is 13.3. The molecule has 0 saturated carbocycles. The third-order valence-corrected chi connectivity index (χ3v) is 7.27. The second-order valence-electron chi connectivity index (χ2n) is 10.2. The summed E-state index contributed by atoms with van der Waals surface area (Å²) in [5.41, 5.74) is 5.26. The summed E-state index contributed by atoms with van der Waals surface area (Å²) in [6.45, 7) is 4.67. The van der Waals surface area contributed by atoms with Crippen LogP contribution in [0.2, 0.25) is 0 Å². The minimum atomic E-state index is -0.163. The van der Waals surface area contributed by atoms with Gasteiger partial charge in [0, 0.05) is 36.6 Å². The molecule has 38 heavy (non-hydrogen) atoms. The van der Waals surface area contributed by atoms with Crippen molar-refractivity contribution in [2.45, 2.75) is 64.7 Å². The van der Waals surface area contributed by atoms with Crippen molar-refractivity contribution in [2.24, 2.45) is 0 Å². The Morgan fingerprint density at radius 2 is 1.50 bits per heavy atom. The van der Waals surface area contributed by atoms with Gasteiger partial charge in [0.25, 0.3) is 11.8 Å². The number of rotatable bonds is 12. The fourth-order valence-corrected chi connectivity index (χ4v) is 5.05. The van der Waals surface area contributed by atoms with Gasteiger partial charge in [-0.1, -0.05) is 68.7 Å². The van der Waals surface area contributed by atoms with Crippen LogP contribution in [0.25, 0.3) is 0 Å². The van der Waals surface area contributed by atoms with Crippen LogP contribution in [0, 0.1) is 0 Å². The van der Waals surface area contributed by atoms with E-state index in [0.29, 0.717) is 23.4 Å². The van der Waals surface area contributed by atoms with Crippen molar-refractivity contribution >= 4 is 23.2 Å². The Bertz CT molecular complexity index is 1170. The van der Waals surface area contributed by atoms with E-state index >= 15 is 0 Å². The number of nitrogens with one attached hydrogen (secondary N) is 2. The maximum Gasteiger partial charge on any atom is 0.255 e. The summed E-state index contributed by atoms with van der Waals surface area (Å²) in [5, 5.41) is 6.10. The summed E-state index contributed by atoms with van der Waals surface area (Å²) in [6, 6.07) is 23.7. The molecule has 200 valence electrons. The van der Waals surface area contributed by atoms with Crippen LogP contribution >= 0.6 is 0 Å². The number of carbonyl (C=O) groups is 2. The van der Waals surface area contributed by atoms with E-state index in [1.165, 1.54) is 43.2 Å². The molecule has 5 heteroatoms. The van der Waals surface area contributed by atoms with Gasteiger partial charge in [-0.05, 0) is 80.0 Å². The molecule has 1 saturated heterocycles. The van der Waals surface area contributed by atoms with E-state index in [4.69, 9.17) is 0 Å². The van der Waals surface area contributed by atoms with Crippen LogP contribution in [0.1, 0.15) is 83.7 Å². The number of hydrogen-bond acceptors (Lipinski definition) is 3. The van der Waals surface area contributed by atoms with Crippen molar-refractivity contribution in [3.05, 3.63) is 95.1 Å². The average molecular weight is 512 g/mol. The highest BCUT2D eigenvalue weighted by Gasteiger charge is 2.20. The first kappa shape index (κ1) is 27.4. The van der Waals surface area contributed by atoms with Gasteiger partial charge in [-0.15, -0.1) is 0 Å². The molecule has 5 nitrogen and oxygen atoms in total. The molecule has 3 aromatic rings. The van der Waals surface area contributed by atoms with Gasteiger partial charge >= 0.3 is 0 Å². The molecule has 0 radical (unpaired) electrons. The molecular formula is C33H41N3O2. The first-order valence-corrected chi connectivity index (χ1v) is 14.3. The largest absolute Gasteiger partial charge is 0.371 e. The third-order valence-electron chi connectivity index (χ3n) is 7.27. The van der Waals surface area contributed by atoms with Gasteiger partial charge in [0.2, 0.25) is 0 Å². The highest BCUT2D eigenvalue weighted by Crippen LogP contribution is 2.27. The number of carbonyl (C=O) groups excluding carboxylic acids is 2. The molecular weight excluding hydrogens is 470 g/mol. The number of unbranched alkanes of at least 4 members (excludes halogenated alkanes) is 3. The van der Waals surface area contributed by atoms with Crippen LogP contribution in [-0.4, -0.2) is 31.4 Å². The average Bonchev–Trinajstić information content (AvgIpc) is 2.96. The van der Waals surface area contributed by atoms with E-state index in [-0.39, 0.29) is 11.8 Å². The summed E-state index contributed by atoms with van der Waals surface area (Å²) in [4.78, 5) is 28.6. The van der Waals surface area contributed by atoms with Gasteiger partial charge in [0.05, 0.1) is 5.56 Å². The number of anilines is 2. The summed E-state index contributed by atoms with van der Waals surface area (Å²) in [5.74, 6) is -0.270. The molecule has 0 bridgehead atoms. The number of hydrogen-bond donors (Lipinski definition) is 2. The summed E-state index contributed by atoms with van der Waals surface area (Å²) in [6.07, 6.45) is 10.2. The Morgan fingerprint density at radius 1 is 0.763 bits per heavy atom. The lowest BCUT2D eigenvalue weighted by atomic mass is 10.0. The number of aryl methyl sites for hydroxylation is 1. The normalized spacial score (nSPS) is 13.2. The molecule has 0 aromatic heterocycles. The Labute approximate surface area is 227 Å². The monoisotopic (exact) mass is 511 g/mol. The molecule has 1 fully saturated rings. The predicted molar refractivity (Wildman–Crippen MR) is 157 cm³/mol. The standard InChI is InChI=1S/C33H41N3O2/c1-2-3-4-7-14-27-15-17-28(18-16-27)32(37)35-29-19-20-31(36-23-10-6-11-24-36)30(25-29)33(38)34-22-21-26-12-8-5-9-13-26/h5,8-9,12-13,15-20,25H,2-4,6-7,10-11,14,21-24H2,1H3,(H,34,38)(H,35,37). The molecule has 0 aliphatic carbocycles. The Morgan fingerprint density at radius 3 is 2.24 bits per heavy atom. The number of piperidine rings is 1. The van der Waals surface area contributed by atoms with E-state index in [2.05, 4.69) is 34.6 Å². The molecule has 0 atom stereocenters. The Balaban J connectivity index is 1.43.